The number of hydrogen-bond donors (Lipinski definition) is 2. The van der Waals surface area contributed by atoms with Crippen LogP contribution in [-0.4, -0.2) is 68.8 Å². The van der Waals surface area contributed by atoms with Crippen LogP contribution in [0.5, 0.6) is 0 Å². The van der Waals surface area contributed by atoms with Gasteiger partial charge in [0.2, 0.25) is 0 Å². The lowest BCUT2D eigenvalue weighted by atomic mass is 9.74. The van der Waals surface area contributed by atoms with Crippen LogP contribution < -0.4 is 10.6 Å². The van der Waals surface area contributed by atoms with Gasteiger partial charge in [-0.25, -0.2) is 9.59 Å². The van der Waals surface area contributed by atoms with Crippen LogP contribution in [0.15, 0.2) is 0 Å². The Kier molecular flexibility index (Phi) is 4.66. The maximum Gasteiger partial charge on any atom is 0.406 e. The van der Waals surface area contributed by atoms with E-state index in [4.69, 9.17) is 9.47 Å². The molecular formula is C13H21N3O5. The molecule has 2 bridgehead atoms. The Morgan fingerprint density at radius 1 is 1.14 bits per heavy atom. The number of rotatable bonds is 4. The van der Waals surface area contributed by atoms with Crippen LogP contribution >= 0.6 is 0 Å². The molecule has 3 aliphatic heterocycles. The SMILES string of the molecule is CNC(=O)OCC1(COC(=O)NC)C(=O)C2CCN1CC2. The zero-order chi connectivity index (χ0) is 15.5. The first-order chi connectivity index (χ1) is 10.0. The van der Waals surface area contributed by atoms with E-state index in [1.54, 1.807) is 0 Å². The standard InChI is InChI=1S/C13H21N3O5/c1-14-11(18)20-7-13(8-21-12(19)15-2)10(17)9-3-5-16(13)6-4-9/h9H,3-8H2,1-2H3,(H,14,18)(H,15,19). The molecule has 0 saturated carbocycles. The molecule has 3 saturated heterocycles. The number of hydrogen-bond acceptors (Lipinski definition) is 6. The van der Waals surface area contributed by atoms with Crippen molar-refractivity contribution >= 4 is 18.0 Å². The minimum absolute atomic E-state index is 0.00666. The Morgan fingerprint density at radius 2 is 1.62 bits per heavy atom. The summed E-state index contributed by atoms with van der Waals surface area (Å²) in [6.45, 7) is 1.26. The summed E-state index contributed by atoms with van der Waals surface area (Å²) in [6, 6.07) is 0. The van der Waals surface area contributed by atoms with Gasteiger partial charge in [0.15, 0.2) is 5.78 Å². The van der Waals surface area contributed by atoms with Gasteiger partial charge in [0.1, 0.15) is 18.8 Å². The fourth-order valence-corrected chi connectivity index (χ4v) is 2.99. The normalized spacial score (nSPS) is 26.1. The molecule has 0 aromatic heterocycles. The number of ketones is 1. The molecule has 0 aliphatic carbocycles. The first-order valence-electron chi connectivity index (χ1n) is 7.02. The molecule has 3 heterocycles. The lowest BCUT2D eigenvalue weighted by Crippen LogP contribution is -2.69. The third kappa shape index (κ3) is 2.94. The summed E-state index contributed by atoms with van der Waals surface area (Å²) < 4.78 is 10.2. The molecule has 3 aliphatic rings. The van der Waals surface area contributed by atoms with Crippen molar-refractivity contribution < 1.29 is 23.9 Å². The fraction of sp³-hybridized carbons (Fsp3) is 0.769. The average molecular weight is 299 g/mol. The molecule has 2 N–H and O–H groups in total. The van der Waals surface area contributed by atoms with Crippen LogP contribution in [0.1, 0.15) is 12.8 Å². The molecule has 0 unspecified atom stereocenters. The molecular weight excluding hydrogens is 278 g/mol. The molecule has 0 aromatic rings. The minimum Gasteiger partial charge on any atom is -0.447 e. The van der Waals surface area contributed by atoms with Crippen molar-refractivity contribution in [3.8, 4) is 0 Å². The average Bonchev–Trinajstić information content (AvgIpc) is 2.53. The van der Waals surface area contributed by atoms with Gasteiger partial charge in [0.25, 0.3) is 0 Å². The Hall–Kier alpha value is -1.83. The number of ether oxygens (including phenoxy) is 2. The smallest absolute Gasteiger partial charge is 0.406 e. The highest BCUT2D eigenvalue weighted by Gasteiger charge is 2.54. The predicted molar refractivity (Wildman–Crippen MR) is 72.9 cm³/mol. The van der Waals surface area contributed by atoms with Gasteiger partial charge in [0, 0.05) is 33.1 Å². The quantitative estimate of drug-likeness (QED) is 0.742. The van der Waals surface area contributed by atoms with E-state index in [0.29, 0.717) is 0 Å². The third-order valence-electron chi connectivity index (χ3n) is 4.22. The first-order valence-corrected chi connectivity index (χ1v) is 7.02. The molecule has 2 amide bonds. The molecule has 8 nitrogen and oxygen atoms in total. The van der Waals surface area contributed by atoms with Crippen LogP contribution in [0.25, 0.3) is 0 Å². The molecule has 8 heteroatoms. The van der Waals surface area contributed by atoms with Gasteiger partial charge in [-0.15, -0.1) is 0 Å². The van der Waals surface area contributed by atoms with Gasteiger partial charge >= 0.3 is 12.2 Å². The maximum absolute atomic E-state index is 12.6. The van der Waals surface area contributed by atoms with Crippen LogP contribution in [-0.2, 0) is 14.3 Å². The minimum atomic E-state index is -1.06. The summed E-state index contributed by atoms with van der Waals surface area (Å²) in [5, 5.41) is 4.69. The summed E-state index contributed by atoms with van der Waals surface area (Å²) in [5.74, 6) is -0.0515. The Bertz CT molecular complexity index is 412. The monoisotopic (exact) mass is 299 g/mol. The lowest BCUT2D eigenvalue weighted by molar-refractivity contribution is -0.156. The molecule has 118 valence electrons. The number of nitrogens with zero attached hydrogens (tertiary/aromatic N) is 1. The number of carbonyl (C=O) groups excluding carboxylic acids is 3. The summed E-state index contributed by atoms with van der Waals surface area (Å²) in [5.41, 5.74) is -1.06. The van der Waals surface area contributed by atoms with Crippen molar-refractivity contribution in [3.05, 3.63) is 0 Å². The molecule has 0 radical (unpaired) electrons. The van der Waals surface area contributed by atoms with Crippen molar-refractivity contribution in [3.63, 3.8) is 0 Å². The van der Waals surface area contributed by atoms with E-state index >= 15 is 0 Å². The van der Waals surface area contributed by atoms with Gasteiger partial charge in [-0.05, 0) is 12.8 Å². The number of alkyl carbamates (subject to hydrolysis) is 2. The Balaban J connectivity index is 2.15. The second kappa shape index (κ2) is 6.30. The van der Waals surface area contributed by atoms with E-state index < -0.39 is 17.7 Å². The third-order valence-corrected chi connectivity index (χ3v) is 4.22. The van der Waals surface area contributed by atoms with Crippen LogP contribution in [0.2, 0.25) is 0 Å². The molecule has 3 fully saturated rings. The maximum atomic E-state index is 12.6. The number of piperidine rings is 3. The number of fused-ring (bicyclic) bond motifs is 3. The van der Waals surface area contributed by atoms with Crippen molar-refractivity contribution in [2.75, 3.05) is 40.4 Å². The molecule has 0 aromatic carbocycles. The second-order valence-corrected chi connectivity index (χ2v) is 5.31. The van der Waals surface area contributed by atoms with Gasteiger partial charge in [-0.1, -0.05) is 0 Å². The van der Waals surface area contributed by atoms with Crippen molar-refractivity contribution in [2.24, 2.45) is 5.92 Å². The van der Waals surface area contributed by atoms with Crippen LogP contribution in [0, 0.1) is 5.92 Å². The molecule has 3 rings (SSSR count). The van der Waals surface area contributed by atoms with Crippen LogP contribution in [0.3, 0.4) is 0 Å². The Labute approximate surface area is 123 Å². The highest BCUT2D eigenvalue weighted by Crippen LogP contribution is 2.36. The van der Waals surface area contributed by atoms with Gasteiger partial charge < -0.3 is 20.1 Å². The van der Waals surface area contributed by atoms with Gasteiger partial charge in [-0.2, -0.15) is 0 Å². The van der Waals surface area contributed by atoms with Gasteiger partial charge in [-0.3, -0.25) is 9.69 Å². The number of nitrogens with one attached hydrogen (secondary N) is 2. The van der Waals surface area contributed by atoms with Crippen molar-refractivity contribution in [1.82, 2.24) is 15.5 Å². The predicted octanol–water partition coefficient (Wildman–Crippen LogP) is -0.268. The zero-order valence-electron chi connectivity index (χ0n) is 12.3. The number of carbonyl (C=O) groups is 3. The van der Waals surface area contributed by atoms with E-state index in [0.717, 1.165) is 25.9 Å². The van der Waals surface area contributed by atoms with E-state index in [9.17, 15) is 14.4 Å². The molecule has 0 atom stereocenters. The Morgan fingerprint density at radius 3 is 2.00 bits per heavy atom. The zero-order valence-corrected chi connectivity index (χ0v) is 12.3. The highest BCUT2D eigenvalue weighted by atomic mass is 16.6. The largest absolute Gasteiger partial charge is 0.447 e. The first kappa shape index (κ1) is 15.6. The molecule has 0 spiro atoms. The van der Waals surface area contributed by atoms with E-state index in [1.807, 2.05) is 4.90 Å². The van der Waals surface area contributed by atoms with E-state index in [-0.39, 0.29) is 24.9 Å². The fourth-order valence-electron chi connectivity index (χ4n) is 2.99. The summed E-state index contributed by atoms with van der Waals surface area (Å²) >= 11 is 0. The van der Waals surface area contributed by atoms with E-state index in [1.165, 1.54) is 14.1 Å². The van der Waals surface area contributed by atoms with Gasteiger partial charge in [0.05, 0.1) is 0 Å². The van der Waals surface area contributed by atoms with Crippen molar-refractivity contribution in [1.29, 1.82) is 0 Å². The summed E-state index contributed by atoms with van der Waals surface area (Å²) in [7, 11) is 2.90. The van der Waals surface area contributed by atoms with Crippen molar-refractivity contribution in [2.45, 2.75) is 18.4 Å². The topological polar surface area (TPSA) is 97.0 Å². The van der Waals surface area contributed by atoms with E-state index in [2.05, 4.69) is 10.6 Å². The van der Waals surface area contributed by atoms with Crippen LogP contribution in [0.4, 0.5) is 9.59 Å². The number of amides is 2. The summed E-state index contributed by atoms with van der Waals surface area (Å²) in [4.78, 5) is 37.2. The highest BCUT2D eigenvalue weighted by molar-refractivity contribution is 5.93. The summed E-state index contributed by atoms with van der Waals surface area (Å²) in [6.07, 6.45) is 0.399. The second-order valence-electron chi connectivity index (χ2n) is 5.31. The number of Topliss-reactive ketones (excluding diaryl/α,β-unsaturated/α-hetero) is 1. The lowest BCUT2D eigenvalue weighted by Gasteiger charge is -2.51. The molecule has 21 heavy (non-hydrogen) atoms.